The zero-order chi connectivity index (χ0) is 57.8. The predicted molar refractivity (Wildman–Crippen MR) is 316 cm³/mol. The number of nitrogens with one attached hydrogen (secondary N) is 1. The monoisotopic (exact) mass is 1120 g/mol. The Kier molecular flexibility index (Phi) is 43.5. The standard InChI is InChI=1S/C62H122N3O11P/c1-10-13-16-19-22-25-28-30-33-36-41-53(42-37-34-31-29-26-23-20-17-14-11-2)61(68)75-59-55(63-58(67)46-54(66)43-38-35-32-27-24-21-18-15-12-3)49-73-57(60(59)76-77(70,71)72)50-74-62(69)56(65(9)48-52(6)7)44-39-40-45-64(8)47-51(4)5/h51-57,59-60,66H,10-50H2,1-9H3,(H,63,67)(H2,70,71,72)/t54-,55+,56+,57-,59-,60-/m1/s1/i/hD. The van der Waals surface area contributed by atoms with Gasteiger partial charge in [0.05, 0.1) is 31.1 Å². The van der Waals surface area contributed by atoms with E-state index < -0.39 is 74.7 Å². The molecule has 0 saturated carbocycles. The second-order valence-electron chi connectivity index (χ2n) is 24.2. The molecule has 0 aromatic heterocycles. The third kappa shape index (κ3) is 39.4. The molecule has 1 unspecified atom stereocenters. The maximum absolute atomic E-state index is 14.7. The summed E-state index contributed by atoms with van der Waals surface area (Å²) in [5.41, 5.74) is 0. The molecule has 1 aliphatic heterocycles. The summed E-state index contributed by atoms with van der Waals surface area (Å²) in [5, 5.41) is 13.9. The van der Waals surface area contributed by atoms with Crippen LogP contribution in [0.2, 0.25) is 0 Å². The van der Waals surface area contributed by atoms with Crippen molar-refractivity contribution in [3.05, 3.63) is 0 Å². The number of hydrogen-bond acceptors (Lipinski definition) is 12. The average molecular weight is 1120 g/mol. The van der Waals surface area contributed by atoms with Gasteiger partial charge in [-0.1, -0.05) is 241 Å². The van der Waals surface area contributed by atoms with Gasteiger partial charge in [0, 0.05) is 13.1 Å². The number of likely N-dealkylation sites (N-methyl/N-ethyl adjacent to an activating group) is 1. The molecular weight excluding hydrogens is 994 g/mol. The van der Waals surface area contributed by atoms with E-state index in [2.05, 4.69) is 70.6 Å². The number of hydrogen-bond donors (Lipinski definition) is 4. The molecule has 0 aromatic rings. The summed E-state index contributed by atoms with van der Waals surface area (Å²) in [4.78, 5) is 61.9. The molecule has 456 valence electrons. The fraction of sp³-hybridized carbons (Fsp3) is 0.952. The highest BCUT2D eigenvalue weighted by Crippen LogP contribution is 2.42. The van der Waals surface area contributed by atoms with Crippen LogP contribution in [0.3, 0.4) is 0 Å². The van der Waals surface area contributed by atoms with E-state index in [1.54, 1.807) is 0 Å². The van der Waals surface area contributed by atoms with Crippen LogP contribution >= 0.6 is 7.82 Å². The molecule has 15 heteroatoms. The number of unbranched alkanes of at least 4 members (excludes halogenated alkanes) is 27. The third-order valence-electron chi connectivity index (χ3n) is 15.4. The lowest BCUT2D eigenvalue weighted by atomic mass is 9.93. The van der Waals surface area contributed by atoms with Gasteiger partial charge in [0.25, 0.3) is 0 Å². The van der Waals surface area contributed by atoms with Crippen molar-refractivity contribution in [3.63, 3.8) is 0 Å². The molecule has 0 spiro atoms. The Morgan fingerprint density at radius 2 is 1.06 bits per heavy atom. The zero-order valence-corrected chi connectivity index (χ0v) is 52.0. The predicted octanol–water partition coefficient (Wildman–Crippen LogP) is 14.4. The molecule has 0 aromatic carbocycles. The minimum atomic E-state index is -5.12. The van der Waals surface area contributed by atoms with Crippen molar-refractivity contribution in [1.29, 1.82) is 1.43 Å². The fourth-order valence-electron chi connectivity index (χ4n) is 11.1. The van der Waals surface area contributed by atoms with Crippen molar-refractivity contribution in [2.24, 2.45) is 17.8 Å². The summed E-state index contributed by atoms with van der Waals surface area (Å²) >= 11 is 0. The van der Waals surface area contributed by atoms with Gasteiger partial charge >= 0.3 is 19.8 Å². The Balaban J connectivity index is 3.44. The lowest BCUT2D eigenvalue weighted by molar-refractivity contribution is -0.196. The van der Waals surface area contributed by atoms with E-state index >= 15 is 0 Å². The second kappa shape index (κ2) is 46.9. The number of rotatable bonds is 53. The molecule has 77 heavy (non-hydrogen) atoms. The molecule has 1 aliphatic rings. The molecule has 1 saturated heterocycles. The average Bonchev–Trinajstić information content (AvgIpc) is 3.38. The molecule has 1 heterocycles. The van der Waals surface area contributed by atoms with Gasteiger partial charge in [-0.3, -0.25) is 23.8 Å². The van der Waals surface area contributed by atoms with E-state index in [1.165, 1.54) is 109 Å². The van der Waals surface area contributed by atoms with Crippen molar-refractivity contribution in [2.45, 2.75) is 316 Å². The highest BCUT2D eigenvalue weighted by molar-refractivity contribution is 7.46. The SMILES string of the molecule is [2H]OP(=O)(O)O[C@H]1[C@H](OC(=O)C(CCCCCCCCCCCC)CCCCCCCCCCCC)[C@@H](NC(=O)C[C@H](O)CCCCCCCCCCC)CO[C@@H]1COC(=O)[C@H](CCCCN(C)CC(C)C)N(C)CC(C)C. The number of phosphoric acid groups is 1. The summed E-state index contributed by atoms with van der Waals surface area (Å²) < 4.78 is 45.2. The van der Waals surface area contributed by atoms with Crippen LogP contribution in [-0.4, -0.2) is 127 Å². The van der Waals surface area contributed by atoms with Crippen LogP contribution in [0.5, 0.6) is 0 Å². The molecule has 1 amide bonds. The van der Waals surface area contributed by atoms with Crippen LogP contribution < -0.4 is 5.32 Å². The first-order valence-corrected chi connectivity index (χ1v) is 33.5. The minimum absolute atomic E-state index is 0.200. The smallest absolute Gasteiger partial charge is 0.462 e. The summed E-state index contributed by atoms with van der Waals surface area (Å²) in [6, 6.07) is -1.65. The molecule has 7 atom stereocenters. The Morgan fingerprint density at radius 3 is 1.52 bits per heavy atom. The van der Waals surface area contributed by atoms with Crippen molar-refractivity contribution in [2.75, 3.05) is 46.9 Å². The number of aliphatic hydroxyl groups excluding tert-OH is 1. The van der Waals surface area contributed by atoms with Gasteiger partial charge in [-0.05, 0) is 64.6 Å². The van der Waals surface area contributed by atoms with E-state index in [0.717, 1.165) is 103 Å². The maximum Gasteiger partial charge on any atom is 0.470 e. The Morgan fingerprint density at radius 1 is 0.623 bits per heavy atom. The summed E-state index contributed by atoms with van der Waals surface area (Å²) in [6.45, 7) is 17.2. The Hall–Kier alpha value is -1.64. The summed E-state index contributed by atoms with van der Waals surface area (Å²) in [7, 11) is -1.10. The van der Waals surface area contributed by atoms with Gasteiger partial charge in [0.15, 0.2) is 6.10 Å². The summed E-state index contributed by atoms with van der Waals surface area (Å²) in [5.74, 6) is -1.14. The van der Waals surface area contributed by atoms with Crippen molar-refractivity contribution < 1.29 is 52.6 Å². The van der Waals surface area contributed by atoms with E-state index in [-0.39, 0.29) is 18.9 Å². The van der Waals surface area contributed by atoms with Crippen LogP contribution in [0.1, 0.15) is 280 Å². The number of carbonyl (C=O) groups is 3. The molecule has 0 bridgehead atoms. The highest BCUT2D eigenvalue weighted by Gasteiger charge is 2.48. The van der Waals surface area contributed by atoms with E-state index in [0.29, 0.717) is 38.1 Å². The number of carbonyl (C=O) groups excluding carboxylic acids is 3. The van der Waals surface area contributed by atoms with E-state index in [9.17, 15) is 28.9 Å². The van der Waals surface area contributed by atoms with Gasteiger partial charge < -0.3 is 39.3 Å². The maximum atomic E-state index is 14.7. The van der Waals surface area contributed by atoms with Crippen LogP contribution in [0.4, 0.5) is 0 Å². The van der Waals surface area contributed by atoms with Crippen LogP contribution in [-0.2, 0) is 37.7 Å². The highest BCUT2D eigenvalue weighted by atomic mass is 31.2. The van der Waals surface area contributed by atoms with Gasteiger partial charge in [-0.25, -0.2) is 4.57 Å². The van der Waals surface area contributed by atoms with Crippen LogP contribution in [0.25, 0.3) is 0 Å². The van der Waals surface area contributed by atoms with Gasteiger partial charge in [0.1, 0.15) is 24.9 Å². The molecule has 1 fully saturated rings. The molecule has 4 N–H and O–H groups in total. The first-order chi connectivity index (χ1) is 37.5. The minimum Gasteiger partial charge on any atom is -0.462 e. The van der Waals surface area contributed by atoms with Crippen molar-refractivity contribution in [3.8, 4) is 0 Å². The molecule has 0 radical (unpaired) electrons. The first-order valence-electron chi connectivity index (χ1n) is 32.4. The van der Waals surface area contributed by atoms with Crippen molar-refractivity contribution >= 4 is 25.7 Å². The normalized spacial score (nSPS) is 18.8. The van der Waals surface area contributed by atoms with Gasteiger partial charge in [-0.15, -0.1) is 0 Å². The number of nitrogens with zero attached hydrogens (tertiary/aromatic N) is 2. The topological polar surface area (TPSA) is 184 Å². The lowest BCUT2D eigenvalue weighted by Crippen LogP contribution is -2.62. The molecule has 14 nitrogen and oxygen atoms in total. The number of ether oxygens (including phenoxy) is 3. The second-order valence-corrected chi connectivity index (χ2v) is 25.4. The lowest BCUT2D eigenvalue weighted by Gasteiger charge is -2.42. The molecule has 0 aliphatic carbocycles. The largest absolute Gasteiger partial charge is 0.470 e. The third-order valence-corrected chi connectivity index (χ3v) is 15.9. The number of esters is 2. The van der Waals surface area contributed by atoms with E-state index in [4.69, 9.17) is 20.2 Å². The van der Waals surface area contributed by atoms with Crippen molar-refractivity contribution in [1.82, 2.24) is 15.1 Å². The Labute approximate surface area is 473 Å². The van der Waals surface area contributed by atoms with Crippen LogP contribution in [0.15, 0.2) is 0 Å². The number of phosphoric ester groups is 1. The van der Waals surface area contributed by atoms with Gasteiger partial charge in [-0.2, -0.15) is 0 Å². The first kappa shape index (κ1) is 71.5. The number of aliphatic hydroxyl groups is 1. The van der Waals surface area contributed by atoms with Gasteiger partial charge in [0.2, 0.25) is 7.34 Å². The zero-order valence-electron chi connectivity index (χ0n) is 52.1. The Bertz CT molecular complexity index is 1490. The summed E-state index contributed by atoms with van der Waals surface area (Å²) in [6.07, 6.45) is 32.0. The molecule has 1 rings (SSSR count). The number of amides is 1. The van der Waals surface area contributed by atoms with E-state index in [1.807, 2.05) is 11.9 Å². The van der Waals surface area contributed by atoms with Crippen LogP contribution in [0, 0.1) is 17.8 Å². The molecular formula is C62H122N3O11P. The fourth-order valence-corrected chi connectivity index (χ4v) is 11.7. The quantitative estimate of drug-likeness (QED) is 0.0257.